The van der Waals surface area contributed by atoms with Gasteiger partial charge in [0.25, 0.3) is 0 Å². The average molecular weight is 247 g/mol. The highest BCUT2D eigenvalue weighted by Gasteiger charge is 2.15. The molecule has 0 saturated heterocycles. The third-order valence-electron chi connectivity index (χ3n) is 2.97. The summed E-state index contributed by atoms with van der Waals surface area (Å²) >= 11 is 0. The molecule has 0 spiro atoms. The summed E-state index contributed by atoms with van der Waals surface area (Å²) in [6.45, 7) is 8.11. The maximum atomic E-state index is 4.49. The number of aromatic nitrogens is 4. The van der Waals surface area contributed by atoms with E-state index in [2.05, 4.69) is 22.4 Å². The Morgan fingerprint density at radius 1 is 1.33 bits per heavy atom. The second kappa shape index (κ2) is 5.35. The third kappa shape index (κ3) is 2.46. The molecule has 0 atom stereocenters. The first-order valence-electron chi connectivity index (χ1n) is 6.38. The zero-order valence-corrected chi connectivity index (χ0v) is 11.6. The van der Waals surface area contributed by atoms with Gasteiger partial charge in [0.1, 0.15) is 0 Å². The number of nitrogens with one attached hydrogen (secondary N) is 1. The van der Waals surface area contributed by atoms with Gasteiger partial charge in [-0.25, -0.2) is 4.68 Å². The summed E-state index contributed by atoms with van der Waals surface area (Å²) in [4.78, 5) is 0. The second-order valence-electron chi connectivity index (χ2n) is 4.65. The zero-order chi connectivity index (χ0) is 13.1. The van der Waals surface area contributed by atoms with E-state index in [1.807, 2.05) is 42.7 Å². The molecule has 0 fully saturated rings. The van der Waals surface area contributed by atoms with Crippen molar-refractivity contribution >= 4 is 0 Å². The van der Waals surface area contributed by atoms with E-state index in [9.17, 15) is 0 Å². The lowest BCUT2D eigenvalue weighted by molar-refractivity contribution is 0.659. The molecule has 0 aliphatic heterocycles. The molecule has 0 aliphatic rings. The Morgan fingerprint density at radius 2 is 2.11 bits per heavy atom. The molecule has 0 aromatic carbocycles. The van der Waals surface area contributed by atoms with Gasteiger partial charge < -0.3 is 5.32 Å². The number of nitrogens with zero attached hydrogens (tertiary/aromatic N) is 4. The first kappa shape index (κ1) is 12.8. The van der Waals surface area contributed by atoms with Gasteiger partial charge in [0.2, 0.25) is 0 Å². The Balaban J connectivity index is 2.33. The van der Waals surface area contributed by atoms with E-state index in [-0.39, 0.29) is 0 Å². The molecular weight excluding hydrogens is 226 g/mol. The van der Waals surface area contributed by atoms with Crippen LogP contribution in [-0.2, 0) is 13.6 Å². The lowest BCUT2D eigenvalue weighted by atomic mass is 10.2. The van der Waals surface area contributed by atoms with Crippen molar-refractivity contribution in [3.05, 3.63) is 29.2 Å². The average Bonchev–Trinajstić information content (AvgIpc) is 2.84. The maximum absolute atomic E-state index is 4.49. The summed E-state index contributed by atoms with van der Waals surface area (Å²) in [5.74, 6) is 1.05. The second-order valence-corrected chi connectivity index (χ2v) is 4.65. The largest absolute Gasteiger partial charge is 0.312 e. The van der Waals surface area contributed by atoms with E-state index in [1.54, 1.807) is 0 Å². The fraction of sp³-hybridized carbons (Fsp3) is 0.538. The fourth-order valence-corrected chi connectivity index (χ4v) is 2.10. The van der Waals surface area contributed by atoms with Crippen LogP contribution in [0.4, 0.5) is 0 Å². The quantitative estimate of drug-likeness (QED) is 0.818. The van der Waals surface area contributed by atoms with E-state index in [0.29, 0.717) is 0 Å². The minimum Gasteiger partial charge on any atom is -0.312 e. The van der Waals surface area contributed by atoms with Gasteiger partial charge in [-0.05, 0) is 32.4 Å². The lowest BCUT2D eigenvalue weighted by Crippen LogP contribution is -2.16. The van der Waals surface area contributed by atoms with Crippen molar-refractivity contribution in [2.75, 3.05) is 6.54 Å². The molecule has 5 heteroatoms. The molecule has 1 N–H and O–H groups in total. The third-order valence-corrected chi connectivity index (χ3v) is 2.97. The number of rotatable bonds is 5. The van der Waals surface area contributed by atoms with Crippen LogP contribution >= 0.6 is 0 Å². The van der Waals surface area contributed by atoms with Crippen molar-refractivity contribution in [2.45, 2.75) is 33.7 Å². The zero-order valence-electron chi connectivity index (χ0n) is 11.6. The van der Waals surface area contributed by atoms with E-state index in [0.717, 1.165) is 36.6 Å². The van der Waals surface area contributed by atoms with E-state index in [1.165, 1.54) is 5.56 Å². The van der Waals surface area contributed by atoms with Gasteiger partial charge in [0.15, 0.2) is 5.82 Å². The van der Waals surface area contributed by atoms with Crippen molar-refractivity contribution in [3.63, 3.8) is 0 Å². The fourth-order valence-electron chi connectivity index (χ4n) is 2.10. The number of aryl methyl sites for hydroxylation is 3. The van der Waals surface area contributed by atoms with Crippen molar-refractivity contribution < 1.29 is 0 Å². The predicted molar refractivity (Wildman–Crippen MR) is 71.8 cm³/mol. The molecule has 2 aromatic heterocycles. The van der Waals surface area contributed by atoms with Crippen LogP contribution in [0.5, 0.6) is 0 Å². The molecule has 0 aliphatic carbocycles. The molecule has 5 nitrogen and oxygen atoms in total. The first-order chi connectivity index (χ1) is 8.63. The van der Waals surface area contributed by atoms with Crippen LogP contribution in [0.25, 0.3) is 5.82 Å². The Kier molecular flexibility index (Phi) is 3.81. The van der Waals surface area contributed by atoms with Crippen LogP contribution in [0.1, 0.15) is 30.2 Å². The Bertz CT molecular complexity index is 523. The Labute approximate surface area is 108 Å². The highest BCUT2D eigenvalue weighted by molar-refractivity contribution is 5.37. The predicted octanol–water partition coefficient (Wildman–Crippen LogP) is 1.72. The van der Waals surface area contributed by atoms with Crippen LogP contribution in [0.15, 0.2) is 12.4 Å². The van der Waals surface area contributed by atoms with Gasteiger partial charge in [-0.1, -0.05) is 6.92 Å². The van der Waals surface area contributed by atoms with Crippen LogP contribution < -0.4 is 5.32 Å². The van der Waals surface area contributed by atoms with Crippen LogP contribution in [0.3, 0.4) is 0 Å². The smallest absolute Gasteiger partial charge is 0.156 e. The molecule has 2 rings (SSSR count). The molecule has 98 valence electrons. The van der Waals surface area contributed by atoms with Crippen LogP contribution in [0, 0.1) is 13.8 Å². The van der Waals surface area contributed by atoms with Crippen LogP contribution in [0.2, 0.25) is 0 Å². The Morgan fingerprint density at radius 3 is 2.72 bits per heavy atom. The van der Waals surface area contributed by atoms with Crippen LogP contribution in [-0.4, -0.2) is 26.1 Å². The van der Waals surface area contributed by atoms with Gasteiger partial charge in [-0.3, -0.25) is 4.68 Å². The van der Waals surface area contributed by atoms with E-state index in [4.69, 9.17) is 0 Å². The summed E-state index contributed by atoms with van der Waals surface area (Å²) in [5, 5.41) is 12.3. The van der Waals surface area contributed by atoms with Gasteiger partial charge in [-0.2, -0.15) is 10.2 Å². The number of hydrogen-bond acceptors (Lipinski definition) is 3. The monoisotopic (exact) mass is 247 g/mol. The van der Waals surface area contributed by atoms with Crippen molar-refractivity contribution in [2.24, 2.45) is 7.05 Å². The summed E-state index contributed by atoms with van der Waals surface area (Å²) in [6, 6.07) is 0. The normalized spacial score (nSPS) is 11.1. The van der Waals surface area contributed by atoms with Crippen molar-refractivity contribution in [1.82, 2.24) is 24.9 Å². The van der Waals surface area contributed by atoms with E-state index >= 15 is 0 Å². The SMILES string of the molecule is CCCNCc1c(C)nn(C)c1-n1cc(C)cn1. The van der Waals surface area contributed by atoms with E-state index < -0.39 is 0 Å². The van der Waals surface area contributed by atoms with Gasteiger partial charge >= 0.3 is 0 Å². The first-order valence-corrected chi connectivity index (χ1v) is 6.38. The lowest BCUT2D eigenvalue weighted by Gasteiger charge is -2.07. The molecule has 0 saturated carbocycles. The van der Waals surface area contributed by atoms with Crippen molar-refractivity contribution in [3.8, 4) is 5.82 Å². The van der Waals surface area contributed by atoms with Crippen molar-refractivity contribution in [1.29, 1.82) is 0 Å². The molecule has 0 radical (unpaired) electrons. The highest BCUT2D eigenvalue weighted by Crippen LogP contribution is 2.17. The minimum atomic E-state index is 0.835. The molecule has 0 unspecified atom stereocenters. The summed E-state index contributed by atoms with van der Waals surface area (Å²) in [5.41, 5.74) is 3.43. The van der Waals surface area contributed by atoms with Gasteiger partial charge in [0.05, 0.1) is 11.9 Å². The maximum Gasteiger partial charge on any atom is 0.156 e. The molecular formula is C13H21N5. The summed E-state index contributed by atoms with van der Waals surface area (Å²) < 4.78 is 3.79. The molecule has 2 aromatic rings. The molecule has 2 heterocycles. The molecule has 18 heavy (non-hydrogen) atoms. The number of hydrogen-bond donors (Lipinski definition) is 1. The summed E-state index contributed by atoms with van der Waals surface area (Å²) in [6.07, 6.45) is 5.03. The molecule has 0 bridgehead atoms. The van der Waals surface area contributed by atoms with Gasteiger partial charge in [0, 0.05) is 25.4 Å². The highest BCUT2D eigenvalue weighted by atomic mass is 15.4. The van der Waals surface area contributed by atoms with Gasteiger partial charge in [-0.15, -0.1) is 0 Å². The molecule has 0 amide bonds. The summed E-state index contributed by atoms with van der Waals surface area (Å²) in [7, 11) is 1.96. The minimum absolute atomic E-state index is 0.835. The standard InChI is InChI=1S/C13H21N5/c1-5-6-14-8-12-11(3)16-17(4)13(12)18-9-10(2)7-15-18/h7,9,14H,5-6,8H2,1-4H3. The Hall–Kier alpha value is -1.62. The topological polar surface area (TPSA) is 47.7 Å².